The van der Waals surface area contributed by atoms with E-state index < -0.39 is 0 Å². The Labute approximate surface area is 159 Å². The number of hydrogen-bond acceptors (Lipinski definition) is 2. The van der Waals surface area contributed by atoms with Gasteiger partial charge < -0.3 is 4.74 Å². The number of carbonyl (C=O) groups excluding carboxylic acids is 1. The van der Waals surface area contributed by atoms with Gasteiger partial charge in [0.25, 0.3) is 0 Å². The van der Waals surface area contributed by atoms with E-state index in [2.05, 4.69) is 13.8 Å². The molecular weight excluding hydrogens is 320 g/mol. The van der Waals surface area contributed by atoms with Crippen molar-refractivity contribution < 1.29 is 9.53 Å². The summed E-state index contributed by atoms with van der Waals surface area (Å²) in [6.07, 6.45) is 16.5. The molecule has 0 N–H and O–H groups in total. The highest BCUT2D eigenvalue weighted by atomic mass is 16.5. The molecule has 5 fully saturated rings. The Bertz CT molecular complexity index is 561. The van der Waals surface area contributed by atoms with Crippen LogP contribution in [0, 0.1) is 46.3 Å². The first-order valence-corrected chi connectivity index (χ1v) is 11.7. The summed E-state index contributed by atoms with van der Waals surface area (Å²) in [7, 11) is 0. The minimum Gasteiger partial charge on any atom is -0.465 e. The fourth-order valence-corrected chi connectivity index (χ4v) is 9.09. The number of esters is 1. The van der Waals surface area contributed by atoms with Gasteiger partial charge in [0.05, 0.1) is 6.61 Å². The second-order valence-corrected chi connectivity index (χ2v) is 11.1. The van der Waals surface area contributed by atoms with Crippen molar-refractivity contribution in [1.29, 1.82) is 0 Å². The quantitative estimate of drug-likeness (QED) is 0.538. The highest BCUT2D eigenvalue weighted by molar-refractivity contribution is 5.69. The van der Waals surface area contributed by atoms with E-state index in [9.17, 15) is 4.79 Å². The number of rotatable bonds is 1. The van der Waals surface area contributed by atoms with Crippen molar-refractivity contribution in [1.82, 2.24) is 0 Å². The largest absolute Gasteiger partial charge is 0.465 e. The summed E-state index contributed by atoms with van der Waals surface area (Å²) in [5, 5.41) is 0. The van der Waals surface area contributed by atoms with E-state index in [4.69, 9.17) is 4.74 Å². The Kier molecular flexibility index (Phi) is 4.22. The van der Waals surface area contributed by atoms with Crippen LogP contribution in [-0.4, -0.2) is 12.6 Å². The van der Waals surface area contributed by atoms with Crippen molar-refractivity contribution in [2.24, 2.45) is 46.3 Å². The van der Waals surface area contributed by atoms with Gasteiger partial charge in [-0.3, -0.25) is 4.79 Å². The van der Waals surface area contributed by atoms with Crippen LogP contribution >= 0.6 is 0 Å². The van der Waals surface area contributed by atoms with Gasteiger partial charge in [0, 0.05) is 6.42 Å². The minimum absolute atomic E-state index is 0.0354. The number of cyclic esters (lactones) is 1. The lowest BCUT2D eigenvalue weighted by atomic mass is 9.44. The number of ether oxygens (including phenoxy) is 1. The van der Waals surface area contributed by atoms with E-state index >= 15 is 0 Å². The normalized spacial score (nSPS) is 54.0. The average Bonchev–Trinajstić information content (AvgIpc) is 2.99. The number of fused-ring (bicyclic) bond motifs is 5. The molecule has 4 aliphatic carbocycles. The van der Waals surface area contributed by atoms with Crippen molar-refractivity contribution in [2.75, 3.05) is 6.61 Å². The van der Waals surface area contributed by atoms with Gasteiger partial charge in [-0.25, -0.2) is 0 Å². The SMILES string of the molecule is CC12CCC3[C@@H](CC[C@@H]4CCCC[C@]34C)[C@H]1CC[C@@H]2[C@H]1CCC(=O)OC1. The third kappa shape index (κ3) is 2.46. The smallest absolute Gasteiger partial charge is 0.305 e. The lowest BCUT2D eigenvalue weighted by Crippen LogP contribution is -2.53. The highest BCUT2D eigenvalue weighted by Gasteiger charge is 2.60. The fraction of sp³-hybridized carbons (Fsp3) is 0.958. The van der Waals surface area contributed by atoms with E-state index in [0.717, 1.165) is 36.0 Å². The van der Waals surface area contributed by atoms with Crippen molar-refractivity contribution in [3.05, 3.63) is 0 Å². The summed E-state index contributed by atoms with van der Waals surface area (Å²) >= 11 is 0. The molecule has 2 heteroatoms. The minimum atomic E-state index is 0.0354. The fourth-order valence-electron chi connectivity index (χ4n) is 9.09. The molecule has 0 aromatic carbocycles. The zero-order chi connectivity index (χ0) is 17.9. The van der Waals surface area contributed by atoms with Gasteiger partial charge >= 0.3 is 5.97 Å². The first kappa shape index (κ1) is 17.6. The first-order valence-electron chi connectivity index (χ1n) is 11.7. The molecule has 4 saturated carbocycles. The van der Waals surface area contributed by atoms with E-state index in [1.165, 1.54) is 64.2 Å². The standard InChI is InChI=1S/C24H38O2/c1-23-13-4-3-5-17(23)7-8-18-20-10-9-19(16-6-11-22(25)26-15-16)24(20,2)14-12-21(18)23/h16-21H,3-15H2,1-2H3/t16-,17-,18-,19+,20+,21?,23-,24?/m0/s1. The van der Waals surface area contributed by atoms with E-state index in [1.807, 2.05) is 0 Å². The molecule has 0 aromatic heterocycles. The summed E-state index contributed by atoms with van der Waals surface area (Å²) in [4.78, 5) is 11.5. The third-order valence-corrected chi connectivity index (χ3v) is 10.4. The molecule has 5 aliphatic rings. The molecule has 8 atom stereocenters. The van der Waals surface area contributed by atoms with E-state index in [0.29, 0.717) is 29.8 Å². The van der Waals surface area contributed by atoms with Crippen LogP contribution in [0.4, 0.5) is 0 Å². The summed E-state index contributed by atoms with van der Waals surface area (Å²) in [6.45, 7) is 6.03. The number of hydrogen-bond donors (Lipinski definition) is 0. The molecule has 146 valence electrons. The van der Waals surface area contributed by atoms with E-state index in [1.54, 1.807) is 0 Å². The van der Waals surface area contributed by atoms with Crippen molar-refractivity contribution in [2.45, 2.75) is 90.9 Å². The highest BCUT2D eigenvalue weighted by Crippen LogP contribution is 2.68. The molecule has 1 heterocycles. The lowest BCUT2D eigenvalue weighted by Gasteiger charge is -2.61. The van der Waals surface area contributed by atoms with Gasteiger partial charge in [0.2, 0.25) is 0 Å². The van der Waals surface area contributed by atoms with Gasteiger partial charge in [-0.05, 0) is 104 Å². The lowest BCUT2D eigenvalue weighted by molar-refractivity contribution is -0.154. The van der Waals surface area contributed by atoms with Crippen LogP contribution in [0.15, 0.2) is 0 Å². The summed E-state index contributed by atoms with van der Waals surface area (Å²) in [5.74, 6) is 5.44. The first-order chi connectivity index (χ1) is 12.5. The molecular formula is C24H38O2. The summed E-state index contributed by atoms with van der Waals surface area (Å²) < 4.78 is 5.48. The average molecular weight is 359 g/mol. The monoisotopic (exact) mass is 358 g/mol. The van der Waals surface area contributed by atoms with Crippen LogP contribution in [0.25, 0.3) is 0 Å². The van der Waals surface area contributed by atoms with Gasteiger partial charge in [0.15, 0.2) is 0 Å². The van der Waals surface area contributed by atoms with Gasteiger partial charge in [-0.15, -0.1) is 0 Å². The Morgan fingerprint density at radius 1 is 0.808 bits per heavy atom. The molecule has 0 bridgehead atoms. The van der Waals surface area contributed by atoms with Crippen LogP contribution in [0.1, 0.15) is 90.9 Å². The summed E-state index contributed by atoms with van der Waals surface area (Å²) in [6, 6.07) is 0. The van der Waals surface area contributed by atoms with Crippen molar-refractivity contribution in [3.63, 3.8) is 0 Å². The second kappa shape index (κ2) is 6.24. The van der Waals surface area contributed by atoms with Crippen LogP contribution in [0.2, 0.25) is 0 Å². The Hall–Kier alpha value is -0.530. The maximum absolute atomic E-state index is 11.5. The zero-order valence-corrected chi connectivity index (χ0v) is 17.0. The van der Waals surface area contributed by atoms with Crippen LogP contribution in [-0.2, 0) is 9.53 Å². The second-order valence-electron chi connectivity index (χ2n) is 11.1. The molecule has 0 aromatic rings. The van der Waals surface area contributed by atoms with Gasteiger partial charge in [0.1, 0.15) is 0 Å². The molecule has 1 saturated heterocycles. The maximum Gasteiger partial charge on any atom is 0.305 e. The Morgan fingerprint density at radius 3 is 2.42 bits per heavy atom. The van der Waals surface area contributed by atoms with Crippen molar-refractivity contribution >= 4 is 5.97 Å². The van der Waals surface area contributed by atoms with Crippen LogP contribution in [0.5, 0.6) is 0 Å². The predicted molar refractivity (Wildman–Crippen MR) is 104 cm³/mol. The number of carbonyl (C=O) groups is 1. The Morgan fingerprint density at radius 2 is 1.62 bits per heavy atom. The van der Waals surface area contributed by atoms with Gasteiger partial charge in [-0.2, -0.15) is 0 Å². The third-order valence-electron chi connectivity index (χ3n) is 10.4. The molecule has 2 unspecified atom stereocenters. The van der Waals surface area contributed by atoms with Crippen molar-refractivity contribution in [3.8, 4) is 0 Å². The maximum atomic E-state index is 11.5. The molecule has 26 heavy (non-hydrogen) atoms. The predicted octanol–water partition coefficient (Wildman–Crippen LogP) is 5.99. The topological polar surface area (TPSA) is 26.3 Å². The summed E-state index contributed by atoms with van der Waals surface area (Å²) in [5.41, 5.74) is 1.17. The molecule has 5 rings (SSSR count). The molecule has 2 nitrogen and oxygen atoms in total. The molecule has 0 radical (unpaired) electrons. The van der Waals surface area contributed by atoms with E-state index in [-0.39, 0.29) is 5.97 Å². The molecule has 0 amide bonds. The molecule has 1 aliphatic heterocycles. The van der Waals surface area contributed by atoms with Gasteiger partial charge in [-0.1, -0.05) is 26.7 Å². The molecule has 0 spiro atoms. The van der Waals surface area contributed by atoms with Crippen LogP contribution in [0.3, 0.4) is 0 Å². The Balaban J connectivity index is 1.37. The zero-order valence-electron chi connectivity index (χ0n) is 17.0. The van der Waals surface area contributed by atoms with Crippen LogP contribution < -0.4 is 0 Å².